The highest BCUT2D eigenvalue weighted by Crippen LogP contribution is 2.30. The number of hydrogen-bond acceptors (Lipinski definition) is 7. The van der Waals surface area contributed by atoms with Crippen LogP contribution in [0.1, 0.15) is 37.0 Å². The molecule has 6 rings (SSSR count). The Hall–Kier alpha value is -5.84. The van der Waals surface area contributed by atoms with Crippen molar-refractivity contribution in [3.8, 4) is 22.9 Å². The first-order valence-electron chi connectivity index (χ1n) is 16.9. The van der Waals surface area contributed by atoms with E-state index in [2.05, 4.69) is 24.1 Å². The molecule has 2 amide bonds. The molecular weight excluding hydrogens is 633 g/mol. The number of nitrogens with two attached hydrogens (primary N) is 2. The third kappa shape index (κ3) is 9.19. The Balaban J connectivity index is 0.000000478. The lowest BCUT2D eigenvalue weighted by atomic mass is 10.1. The molecule has 0 spiro atoms. The number of hydrogen-bond donors (Lipinski definition) is 3. The summed E-state index contributed by atoms with van der Waals surface area (Å²) >= 11 is 0. The van der Waals surface area contributed by atoms with Crippen LogP contribution in [0, 0.1) is 5.82 Å². The van der Waals surface area contributed by atoms with E-state index >= 15 is 0 Å². The first kappa shape index (κ1) is 35.5. The van der Waals surface area contributed by atoms with E-state index in [1.54, 1.807) is 33.7 Å². The average molecular weight is 678 g/mol. The van der Waals surface area contributed by atoms with Gasteiger partial charge in [0.1, 0.15) is 29.7 Å². The number of imidazole rings is 1. The van der Waals surface area contributed by atoms with Crippen LogP contribution in [0.5, 0.6) is 11.5 Å². The van der Waals surface area contributed by atoms with Crippen LogP contribution in [-0.4, -0.2) is 59.0 Å². The SMILES string of the molecule is CCC=C(N)NCCC.NC(=O)Cn1c(-c2cccc(Oc3ccccc3)c2)nc2cc(C(=O)N3CCN(c4cccc(F)c4)CC3)ccc21. The number of anilines is 1. The molecule has 10 nitrogen and oxygen atoms in total. The lowest BCUT2D eigenvalue weighted by Gasteiger charge is -2.36. The van der Waals surface area contributed by atoms with Crippen LogP contribution >= 0.6 is 0 Å². The number of piperazine rings is 1. The number of halogens is 1. The molecule has 5 N–H and O–H groups in total. The van der Waals surface area contributed by atoms with E-state index < -0.39 is 5.91 Å². The van der Waals surface area contributed by atoms with Gasteiger partial charge in [-0.1, -0.05) is 50.2 Å². The van der Waals surface area contributed by atoms with Crippen molar-refractivity contribution in [3.63, 3.8) is 0 Å². The second-order valence-corrected chi connectivity index (χ2v) is 11.9. The smallest absolute Gasteiger partial charge is 0.254 e. The maximum atomic E-state index is 13.7. The zero-order chi connectivity index (χ0) is 35.5. The molecule has 1 aliphatic heterocycles. The molecule has 1 fully saturated rings. The van der Waals surface area contributed by atoms with Crippen molar-refractivity contribution in [1.29, 1.82) is 0 Å². The number of fused-ring (bicyclic) bond motifs is 1. The van der Waals surface area contributed by atoms with Crippen LogP contribution in [0.3, 0.4) is 0 Å². The number of aromatic nitrogens is 2. The van der Waals surface area contributed by atoms with E-state index in [1.807, 2.05) is 66.7 Å². The van der Waals surface area contributed by atoms with Crippen LogP contribution < -0.4 is 26.4 Å². The molecule has 4 aromatic carbocycles. The second kappa shape index (κ2) is 17.0. The lowest BCUT2D eigenvalue weighted by molar-refractivity contribution is -0.118. The summed E-state index contributed by atoms with van der Waals surface area (Å²) in [4.78, 5) is 34.1. The lowest BCUT2D eigenvalue weighted by Crippen LogP contribution is -2.48. The van der Waals surface area contributed by atoms with E-state index in [4.69, 9.17) is 21.2 Å². The van der Waals surface area contributed by atoms with Gasteiger partial charge in [-0.3, -0.25) is 9.59 Å². The number of allylic oxidation sites excluding steroid dienone is 1. The van der Waals surface area contributed by atoms with Gasteiger partial charge in [0.15, 0.2) is 0 Å². The fraction of sp³-hybridized carbons (Fsp3) is 0.256. The number of para-hydroxylation sites is 1. The summed E-state index contributed by atoms with van der Waals surface area (Å²) < 4.78 is 21.4. The van der Waals surface area contributed by atoms with Crippen LogP contribution in [0.2, 0.25) is 0 Å². The summed E-state index contributed by atoms with van der Waals surface area (Å²) in [5, 5.41) is 3.07. The van der Waals surface area contributed by atoms with Crippen LogP contribution in [0.25, 0.3) is 22.4 Å². The van der Waals surface area contributed by atoms with Gasteiger partial charge >= 0.3 is 0 Å². The zero-order valence-corrected chi connectivity index (χ0v) is 28.5. The first-order chi connectivity index (χ1) is 24.2. The highest BCUT2D eigenvalue weighted by Gasteiger charge is 2.24. The van der Waals surface area contributed by atoms with E-state index in [9.17, 15) is 14.0 Å². The van der Waals surface area contributed by atoms with Gasteiger partial charge in [-0.15, -0.1) is 0 Å². The minimum atomic E-state index is -0.501. The summed E-state index contributed by atoms with van der Waals surface area (Å²) in [5.74, 6) is 1.80. The number of nitrogens with one attached hydrogen (secondary N) is 1. The van der Waals surface area contributed by atoms with Crippen molar-refractivity contribution in [2.45, 2.75) is 33.2 Å². The Kier molecular flexibility index (Phi) is 12.1. The van der Waals surface area contributed by atoms with Crippen molar-refractivity contribution in [2.24, 2.45) is 11.5 Å². The third-order valence-corrected chi connectivity index (χ3v) is 8.12. The van der Waals surface area contributed by atoms with Gasteiger partial charge < -0.3 is 35.9 Å². The standard InChI is InChI=1S/C32H28FN5O3.C7H16N2/c33-24-7-5-8-25(20-24)36-14-16-37(17-15-36)32(40)23-12-13-29-28(19-23)35-31(38(29)21-30(34)39)22-6-4-11-27(18-22)41-26-9-2-1-3-10-26;1-3-5-7(8)9-6-4-2/h1-13,18-20H,14-17,21H2,(H2,34,39);5,9H,3-4,6,8H2,1-2H3. The molecule has 1 aliphatic rings. The van der Waals surface area contributed by atoms with E-state index in [0.717, 1.165) is 36.5 Å². The monoisotopic (exact) mass is 677 g/mol. The zero-order valence-electron chi connectivity index (χ0n) is 28.5. The van der Waals surface area contributed by atoms with Crippen molar-refractivity contribution in [3.05, 3.63) is 120 Å². The van der Waals surface area contributed by atoms with Gasteiger partial charge in [0, 0.05) is 49.5 Å². The van der Waals surface area contributed by atoms with Crippen molar-refractivity contribution < 1.29 is 18.7 Å². The van der Waals surface area contributed by atoms with E-state index in [0.29, 0.717) is 60.1 Å². The average Bonchev–Trinajstić information content (AvgIpc) is 3.48. The highest BCUT2D eigenvalue weighted by atomic mass is 19.1. The molecule has 0 radical (unpaired) electrons. The number of ether oxygens (including phenoxy) is 1. The second-order valence-electron chi connectivity index (χ2n) is 11.9. The minimum absolute atomic E-state index is 0.0645. The Morgan fingerprint density at radius 3 is 2.32 bits per heavy atom. The van der Waals surface area contributed by atoms with Crippen molar-refractivity contribution in [2.75, 3.05) is 37.6 Å². The molecule has 0 unspecified atom stereocenters. The van der Waals surface area contributed by atoms with E-state index in [1.165, 1.54) is 12.1 Å². The number of primary amides is 1. The molecule has 1 aromatic heterocycles. The number of benzene rings is 4. The van der Waals surface area contributed by atoms with Gasteiger partial charge in [0.25, 0.3) is 5.91 Å². The Bertz CT molecular complexity index is 1940. The predicted molar refractivity (Wildman–Crippen MR) is 196 cm³/mol. The number of carbonyl (C=O) groups is 2. The third-order valence-electron chi connectivity index (χ3n) is 8.12. The van der Waals surface area contributed by atoms with Gasteiger partial charge in [0.05, 0.1) is 16.9 Å². The van der Waals surface area contributed by atoms with Gasteiger partial charge in [-0.2, -0.15) is 0 Å². The van der Waals surface area contributed by atoms with Crippen molar-refractivity contribution in [1.82, 2.24) is 19.8 Å². The van der Waals surface area contributed by atoms with Crippen molar-refractivity contribution >= 4 is 28.5 Å². The Labute approximate surface area is 292 Å². The fourth-order valence-electron chi connectivity index (χ4n) is 5.71. The molecule has 50 heavy (non-hydrogen) atoms. The number of carbonyl (C=O) groups excluding carboxylic acids is 2. The maximum absolute atomic E-state index is 13.7. The summed E-state index contributed by atoms with van der Waals surface area (Å²) in [7, 11) is 0. The summed E-state index contributed by atoms with van der Waals surface area (Å²) in [6.07, 6.45) is 4.11. The maximum Gasteiger partial charge on any atom is 0.254 e. The summed E-state index contributed by atoms with van der Waals surface area (Å²) in [5.41, 5.74) is 14.5. The van der Waals surface area contributed by atoms with E-state index in [-0.39, 0.29) is 18.3 Å². The minimum Gasteiger partial charge on any atom is -0.457 e. The van der Waals surface area contributed by atoms with Crippen LogP contribution in [0.15, 0.2) is 109 Å². The van der Waals surface area contributed by atoms with Gasteiger partial charge in [-0.05, 0) is 79.6 Å². The molecule has 1 saturated heterocycles. The number of nitrogens with zero attached hydrogens (tertiary/aromatic N) is 4. The molecular formula is C39H44FN7O3. The normalized spacial score (nSPS) is 13.1. The molecule has 0 saturated carbocycles. The molecule has 0 atom stereocenters. The molecule has 2 heterocycles. The van der Waals surface area contributed by atoms with Gasteiger partial charge in [0.2, 0.25) is 5.91 Å². The summed E-state index contributed by atoms with van der Waals surface area (Å²) in [6, 6.07) is 28.7. The molecule has 5 aromatic rings. The van der Waals surface area contributed by atoms with Crippen LogP contribution in [-0.2, 0) is 11.3 Å². The molecule has 11 heteroatoms. The highest BCUT2D eigenvalue weighted by molar-refractivity contribution is 5.98. The van der Waals surface area contributed by atoms with Gasteiger partial charge in [-0.25, -0.2) is 9.37 Å². The molecule has 0 bridgehead atoms. The first-order valence-corrected chi connectivity index (χ1v) is 16.9. The Morgan fingerprint density at radius 1 is 0.880 bits per heavy atom. The molecule has 0 aliphatic carbocycles. The Morgan fingerprint density at radius 2 is 1.62 bits per heavy atom. The fourth-order valence-corrected chi connectivity index (χ4v) is 5.71. The number of amides is 2. The molecule has 260 valence electrons. The quantitative estimate of drug-likeness (QED) is 0.150. The topological polar surface area (TPSA) is 132 Å². The predicted octanol–water partition coefficient (Wildman–Crippen LogP) is 6.28. The van der Waals surface area contributed by atoms with Crippen LogP contribution in [0.4, 0.5) is 10.1 Å². The summed E-state index contributed by atoms with van der Waals surface area (Å²) in [6.45, 7) is 7.35. The largest absolute Gasteiger partial charge is 0.457 e. The number of rotatable bonds is 11.